The van der Waals surface area contributed by atoms with Gasteiger partial charge in [0.05, 0.1) is 0 Å². The van der Waals surface area contributed by atoms with Crippen molar-refractivity contribution in [2.24, 2.45) is 5.73 Å². The molecule has 2 aromatic rings. The zero-order chi connectivity index (χ0) is 26.0. The summed E-state index contributed by atoms with van der Waals surface area (Å²) in [7, 11) is 0. The van der Waals surface area contributed by atoms with Crippen molar-refractivity contribution in [3.63, 3.8) is 0 Å². The zero-order valence-corrected chi connectivity index (χ0v) is 19.0. The molecule has 35 heavy (non-hydrogen) atoms. The summed E-state index contributed by atoms with van der Waals surface area (Å²) in [6.45, 7) is 2.31. The molecule has 8 nitrogen and oxygen atoms in total. The van der Waals surface area contributed by atoms with Crippen LogP contribution < -0.4 is 21.8 Å². The first-order valence-electron chi connectivity index (χ1n) is 10.3. The van der Waals surface area contributed by atoms with Crippen LogP contribution in [0.5, 0.6) is 0 Å². The van der Waals surface area contributed by atoms with E-state index >= 15 is 0 Å². The van der Waals surface area contributed by atoms with Crippen LogP contribution in [0.1, 0.15) is 40.9 Å². The highest BCUT2D eigenvalue weighted by molar-refractivity contribution is 5.98. The topological polar surface area (TPSA) is 134 Å². The van der Waals surface area contributed by atoms with Crippen LogP contribution in [0.15, 0.2) is 48.5 Å². The van der Waals surface area contributed by atoms with Crippen molar-refractivity contribution < 1.29 is 28.4 Å². The molecular weight excluding hydrogens is 458 g/mol. The van der Waals surface area contributed by atoms with Crippen LogP contribution in [0.3, 0.4) is 0 Å². The van der Waals surface area contributed by atoms with Gasteiger partial charge in [0.25, 0.3) is 18.2 Å². The number of alkyl halides is 2. The summed E-state index contributed by atoms with van der Waals surface area (Å²) >= 11 is 0. The van der Waals surface area contributed by atoms with Gasteiger partial charge < -0.3 is 16.4 Å². The molecule has 0 aromatic heterocycles. The monoisotopic (exact) mass is 482 g/mol. The number of hydrogen-bond acceptors (Lipinski definition) is 5. The highest BCUT2D eigenvalue weighted by Gasteiger charge is 2.48. The van der Waals surface area contributed by atoms with E-state index in [0.29, 0.717) is 12.1 Å². The number of hydrogen-bond donors (Lipinski definition) is 5. The quantitative estimate of drug-likeness (QED) is 0.231. The van der Waals surface area contributed by atoms with Crippen LogP contribution in [0.25, 0.3) is 0 Å². The second kappa shape index (κ2) is 12.3. The van der Waals surface area contributed by atoms with Gasteiger partial charge in [-0.15, -0.1) is 0 Å². The van der Waals surface area contributed by atoms with E-state index in [9.17, 15) is 23.2 Å². The van der Waals surface area contributed by atoms with Crippen molar-refractivity contribution in [3.05, 3.63) is 70.8 Å². The van der Waals surface area contributed by atoms with Crippen molar-refractivity contribution in [2.45, 2.75) is 38.4 Å². The van der Waals surface area contributed by atoms with Gasteiger partial charge in [0.2, 0.25) is 5.91 Å². The zero-order valence-electron chi connectivity index (χ0n) is 19.0. The molecule has 0 saturated carbocycles. The van der Waals surface area contributed by atoms with E-state index in [1.165, 1.54) is 29.7 Å². The summed E-state index contributed by atoms with van der Waals surface area (Å²) in [5.41, 5.74) is 6.65. The Hall–Kier alpha value is -4.25. The molecule has 0 saturated heterocycles. The lowest BCUT2D eigenvalue weighted by molar-refractivity contribution is -0.137. The number of nitrogens with one attached hydrogen (secondary N) is 3. The lowest BCUT2D eigenvalue weighted by Gasteiger charge is -2.36. The fourth-order valence-corrected chi connectivity index (χ4v) is 3.03. The van der Waals surface area contributed by atoms with Gasteiger partial charge in [-0.25, -0.2) is 14.3 Å². The molecule has 0 aliphatic rings. The van der Waals surface area contributed by atoms with Crippen molar-refractivity contribution in [1.82, 2.24) is 16.1 Å². The van der Waals surface area contributed by atoms with E-state index in [-0.39, 0.29) is 5.56 Å². The molecule has 0 aliphatic heterocycles. The van der Waals surface area contributed by atoms with Crippen molar-refractivity contribution in [1.29, 1.82) is 0 Å². The number of amides is 3. The van der Waals surface area contributed by atoms with Gasteiger partial charge >= 0.3 is 0 Å². The number of carbonyl (C=O) groups is 3. The molecule has 0 bridgehead atoms. The average Bonchev–Trinajstić information content (AvgIpc) is 2.84. The molecule has 2 rings (SSSR count). The first-order chi connectivity index (χ1) is 16.6. The fraction of sp³-hybridized carbons (Fsp3) is 0.240. The minimum atomic E-state index is -3.24. The maximum absolute atomic E-state index is 13.7. The van der Waals surface area contributed by atoms with Gasteiger partial charge in [-0.2, -0.15) is 0 Å². The molecule has 6 N–H and O–H groups in total. The predicted molar refractivity (Wildman–Crippen MR) is 124 cm³/mol. The van der Waals surface area contributed by atoms with Gasteiger partial charge in [0.1, 0.15) is 11.6 Å². The third kappa shape index (κ3) is 7.37. The summed E-state index contributed by atoms with van der Waals surface area (Å²) in [4.78, 5) is 36.1. The Morgan fingerprint density at radius 1 is 1.00 bits per heavy atom. The number of benzene rings is 2. The van der Waals surface area contributed by atoms with Gasteiger partial charge in [-0.1, -0.05) is 24.0 Å². The molecule has 182 valence electrons. The Morgan fingerprint density at radius 3 is 1.94 bits per heavy atom. The van der Waals surface area contributed by atoms with Crippen LogP contribution in [0, 0.1) is 23.7 Å². The number of rotatable bonds is 7. The van der Waals surface area contributed by atoms with Gasteiger partial charge in [-0.05, 0) is 60.7 Å². The largest absolute Gasteiger partial charge is 0.343 e. The number of halogens is 2. The molecule has 3 amide bonds. The van der Waals surface area contributed by atoms with Crippen LogP contribution in [-0.4, -0.2) is 40.9 Å². The SMILES string of the molecule is CC(=O)NC(C)(C(F)F)[C@H](NC(=O)c1ccc(C#CC#Cc2ccc(CN)cc2)cc1)C(=O)NO. The molecule has 0 radical (unpaired) electrons. The Bertz CT molecular complexity index is 1190. The molecule has 10 heteroatoms. The molecule has 0 fully saturated rings. The highest BCUT2D eigenvalue weighted by atomic mass is 19.3. The first kappa shape index (κ1) is 27.0. The number of hydroxylamine groups is 1. The maximum Gasteiger partial charge on any atom is 0.268 e. The average molecular weight is 482 g/mol. The second-order valence-electron chi connectivity index (χ2n) is 7.63. The highest BCUT2D eigenvalue weighted by Crippen LogP contribution is 2.21. The summed E-state index contributed by atoms with van der Waals surface area (Å²) in [5.74, 6) is 8.06. The summed E-state index contributed by atoms with van der Waals surface area (Å²) < 4.78 is 27.5. The second-order valence-corrected chi connectivity index (χ2v) is 7.63. The van der Waals surface area contributed by atoms with Crippen molar-refractivity contribution in [3.8, 4) is 23.7 Å². The Balaban J connectivity index is 2.15. The first-order valence-corrected chi connectivity index (χ1v) is 10.3. The van der Waals surface area contributed by atoms with E-state index in [2.05, 4.69) is 29.0 Å². The predicted octanol–water partition coefficient (Wildman–Crippen LogP) is 1.31. The van der Waals surface area contributed by atoms with E-state index in [1.807, 2.05) is 29.6 Å². The minimum absolute atomic E-state index is 0.0387. The Kier molecular flexibility index (Phi) is 9.47. The maximum atomic E-state index is 13.7. The van der Waals surface area contributed by atoms with E-state index < -0.39 is 35.7 Å². The number of nitrogens with two attached hydrogens (primary N) is 1. The van der Waals surface area contributed by atoms with E-state index in [4.69, 9.17) is 10.9 Å². The standard InChI is InChI=1S/C25H24F2N4O4/c1-16(32)30-25(2,24(26)27)21(23(34)31-35)29-22(33)20-13-11-18(12-14-20)6-4-3-5-17-7-9-19(15-28)10-8-17/h7-14,21,24,35H,15,28H2,1-2H3,(H,29,33)(H,30,32)(H,31,34)/t21-,25?/m1/s1. The van der Waals surface area contributed by atoms with Crippen LogP contribution >= 0.6 is 0 Å². The smallest absolute Gasteiger partial charge is 0.268 e. The fourth-order valence-electron chi connectivity index (χ4n) is 3.03. The Morgan fingerprint density at radius 2 is 1.51 bits per heavy atom. The van der Waals surface area contributed by atoms with E-state index in [0.717, 1.165) is 25.0 Å². The molecule has 0 spiro atoms. The third-order valence-corrected chi connectivity index (χ3v) is 4.96. The third-order valence-electron chi connectivity index (χ3n) is 4.96. The molecule has 0 aliphatic carbocycles. The van der Waals surface area contributed by atoms with Gasteiger partial charge in [0, 0.05) is 30.2 Å². The lowest BCUT2D eigenvalue weighted by Crippen LogP contribution is -2.68. The summed E-state index contributed by atoms with van der Waals surface area (Å²) in [5, 5.41) is 13.1. The molecule has 2 atom stereocenters. The molecule has 0 heterocycles. The van der Waals surface area contributed by atoms with Crippen molar-refractivity contribution in [2.75, 3.05) is 0 Å². The van der Waals surface area contributed by atoms with E-state index in [1.54, 1.807) is 0 Å². The van der Waals surface area contributed by atoms with Crippen molar-refractivity contribution >= 4 is 17.7 Å². The number of carbonyl (C=O) groups excluding carboxylic acids is 3. The summed E-state index contributed by atoms with van der Waals surface area (Å²) in [6, 6.07) is 11.2. The van der Waals surface area contributed by atoms with Crippen LogP contribution in [0.2, 0.25) is 0 Å². The van der Waals surface area contributed by atoms with Gasteiger partial charge in [-0.3, -0.25) is 19.6 Å². The van der Waals surface area contributed by atoms with Gasteiger partial charge in [0.15, 0.2) is 0 Å². The molecular formula is C25H24F2N4O4. The normalized spacial score (nSPS) is 12.7. The Labute approximate surface area is 201 Å². The van der Waals surface area contributed by atoms with Crippen LogP contribution in [-0.2, 0) is 16.1 Å². The molecule has 1 unspecified atom stereocenters. The summed E-state index contributed by atoms with van der Waals surface area (Å²) in [6.07, 6.45) is -3.24. The minimum Gasteiger partial charge on any atom is -0.343 e. The molecule has 2 aromatic carbocycles. The lowest BCUT2D eigenvalue weighted by atomic mass is 9.91. The van der Waals surface area contributed by atoms with Crippen LogP contribution in [0.4, 0.5) is 8.78 Å².